The van der Waals surface area contributed by atoms with Crippen LogP contribution in [0.25, 0.3) is 0 Å². The average molecular weight is 341 g/mol. The Kier molecular flexibility index (Phi) is 5.06. The number of anilines is 2. The van der Waals surface area contributed by atoms with Crippen molar-refractivity contribution in [1.82, 2.24) is 10.2 Å². The molecule has 2 aromatic rings. The van der Waals surface area contributed by atoms with Crippen molar-refractivity contribution in [3.63, 3.8) is 0 Å². The fraction of sp³-hybridized carbons (Fsp3) is 0.250. The third kappa shape index (κ3) is 5.06. The van der Waals surface area contributed by atoms with Crippen LogP contribution >= 0.6 is 11.3 Å². The number of nitrogens with one attached hydrogen (secondary N) is 2. The number of rotatable bonds is 6. The summed E-state index contributed by atoms with van der Waals surface area (Å²) in [6.07, 6.45) is 1.39. The summed E-state index contributed by atoms with van der Waals surface area (Å²) < 4.78 is 24.3. The summed E-state index contributed by atoms with van der Waals surface area (Å²) in [6.45, 7) is 0. The fourth-order valence-corrected chi connectivity index (χ4v) is 3.11. The molecule has 0 fully saturated rings. The molecule has 1 aromatic heterocycles. The van der Waals surface area contributed by atoms with Gasteiger partial charge in [-0.05, 0) is 12.0 Å². The Morgan fingerprint density at radius 2 is 1.91 bits per heavy atom. The van der Waals surface area contributed by atoms with Gasteiger partial charge in [-0.2, -0.15) is 0 Å². The lowest BCUT2D eigenvalue weighted by molar-refractivity contribution is -0.117. The van der Waals surface area contributed by atoms with Crippen LogP contribution in [0.3, 0.4) is 0 Å². The lowest BCUT2D eigenvalue weighted by Crippen LogP contribution is -2.37. The molecule has 4 N–H and O–H groups in total. The third-order valence-corrected chi connectivity index (χ3v) is 4.01. The Labute approximate surface area is 131 Å². The zero-order valence-electron chi connectivity index (χ0n) is 11.7. The van der Waals surface area contributed by atoms with Crippen molar-refractivity contribution in [1.29, 1.82) is 0 Å². The molecular formula is C12H15N5O3S2. The monoisotopic (exact) mass is 341 g/mol. The van der Waals surface area contributed by atoms with E-state index in [1.807, 2.05) is 30.3 Å². The number of carbonyl (C=O) groups is 1. The lowest BCUT2D eigenvalue weighted by atomic mass is 10.1. The van der Waals surface area contributed by atoms with Gasteiger partial charge in [-0.15, -0.1) is 10.2 Å². The number of hydrogen-bond acceptors (Lipinski definition) is 7. The fourth-order valence-electron chi connectivity index (χ4n) is 1.63. The van der Waals surface area contributed by atoms with Gasteiger partial charge >= 0.3 is 0 Å². The van der Waals surface area contributed by atoms with Gasteiger partial charge in [0.05, 0.1) is 12.3 Å². The first-order valence-electron chi connectivity index (χ1n) is 6.25. The van der Waals surface area contributed by atoms with Crippen LogP contribution in [0.4, 0.5) is 10.3 Å². The maximum Gasteiger partial charge on any atom is 0.243 e. The van der Waals surface area contributed by atoms with Crippen molar-refractivity contribution >= 4 is 37.5 Å². The molecule has 10 heteroatoms. The second-order valence-electron chi connectivity index (χ2n) is 4.57. The first-order valence-corrected chi connectivity index (χ1v) is 8.96. The largest absolute Gasteiger partial charge is 0.320 e. The van der Waals surface area contributed by atoms with E-state index in [9.17, 15) is 13.2 Å². The highest BCUT2D eigenvalue weighted by Crippen LogP contribution is 2.20. The number of hydrogen-bond donors (Lipinski definition) is 3. The summed E-state index contributed by atoms with van der Waals surface area (Å²) in [6, 6.07) is 8.64. The van der Waals surface area contributed by atoms with Crippen molar-refractivity contribution in [3.05, 3.63) is 35.9 Å². The first kappa shape index (κ1) is 16.3. The minimum atomic E-state index is -3.43. The van der Waals surface area contributed by atoms with E-state index in [2.05, 4.69) is 20.2 Å². The van der Waals surface area contributed by atoms with Gasteiger partial charge in [0, 0.05) is 0 Å². The van der Waals surface area contributed by atoms with E-state index >= 15 is 0 Å². The summed E-state index contributed by atoms with van der Waals surface area (Å²) in [5.41, 5.74) is 6.78. The van der Waals surface area contributed by atoms with Crippen LogP contribution in [0.15, 0.2) is 30.3 Å². The van der Waals surface area contributed by atoms with Gasteiger partial charge in [0.1, 0.15) is 0 Å². The molecule has 22 heavy (non-hydrogen) atoms. The number of carbonyl (C=O) groups excluding carboxylic acids is 1. The summed E-state index contributed by atoms with van der Waals surface area (Å²) in [5.74, 6) is -0.411. The van der Waals surface area contributed by atoms with Crippen LogP contribution in [0, 0.1) is 0 Å². The number of sulfonamides is 1. The zero-order chi connectivity index (χ0) is 16.2. The molecule has 8 nitrogen and oxygen atoms in total. The van der Waals surface area contributed by atoms with Gasteiger partial charge in [0.25, 0.3) is 0 Å². The van der Waals surface area contributed by atoms with Crippen molar-refractivity contribution in [2.75, 3.05) is 16.3 Å². The summed E-state index contributed by atoms with van der Waals surface area (Å²) in [5, 5.41) is 10.1. The van der Waals surface area contributed by atoms with Gasteiger partial charge in [-0.3, -0.25) is 14.8 Å². The zero-order valence-corrected chi connectivity index (χ0v) is 13.3. The third-order valence-electron chi connectivity index (χ3n) is 2.56. The molecule has 0 bridgehead atoms. The molecular weight excluding hydrogens is 326 g/mol. The molecule has 0 unspecified atom stereocenters. The van der Waals surface area contributed by atoms with E-state index in [1.54, 1.807) is 0 Å². The van der Waals surface area contributed by atoms with E-state index in [4.69, 9.17) is 5.73 Å². The molecule has 1 atom stereocenters. The Bertz CT molecular complexity index is 745. The topological polar surface area (TPSA) is 127 Å². The number of nitrogens with two attached hydrogens (primary N) is 1. The van der Waals surface area contributed by atoms with Crippen molar-refractivity contribution < 1.29 is 13.2 Å². The summed E-state index contributed by atoms with van der Waals surface area (Å²) in [7, 11) is -3.43. The van der Waals surface area contributed by atoms with E-state index in [0.717, 1.165) is 23.2 Å². The van der Waals surface area contributed by atoms with Gasteiger partial charge < -0.3 is 5.73 Å². The van der Waals surface area contributed by atoms with Gasteiger partial charge in [-0.25, -0.2) is 8.42 Å². The number of aromatic nitrogens is 2. The minimum absolute atomic E-state index is 0.0782. The number of benzene rings is 1. The first-order chi connectivity index (χ1) is 10.3. The average Bonchev–Trinajstić information content (AvgIpc) is 2.84. The van der Waals surface area contributed by atoms with E-state index in [-0.39, 0.29) is 10.3 Å². The van der Waals surface area contributed by atoms with Gasteiger partial charge in [0.15, 0.2) is 0 Å². The van der Waals surface area contributed by atoms with Crippen molar-refractivity contribution in [2.24, 2.45) is 5.73 Å². The normalized spacial score (nSPS) is 12.6. The molecule has 1 amide bonds. The van der Waals surface area contributed by atoms with Crippen LogP contribution in [0.1, 0.15) is 5.56 Å². The molecule has 1 heterocycles. The molecule has 2 rings (SSSR count). The number of amides is 1. The van der Waals surface area contributed by atoms with Crippen LogP contribution < -0.4 is 15.8 Å². The molecule has 0 saturated carbocycles. The lowest BCUT2D eigenvalue weighted by Gasteiger charge is -2.10. The van der Waals surface area contributed by atoms with Crippen molar-refractivity contribution in [2.45, 2.75) is 12.5 Å². The Morgan fingerprint density at radius 3 is 2.55 bits per heavy atom. The van der Waals surface area contributed by atoms with E-state index in [0.29, 0.717) is 6.42 Å². The minimum Gasteiger partial charge on any atom is -0.320 e. The molecule has 0 aliphatic heterocycles. The number of nitrogens with zero attached hydrogens (tertiary/aromatic N) is 2. The molecule has 0 aliphatic carbocycles. The Balaban J connectivity index is 1.94. The maximum absolute atomic E-state index is 12.0. The quantitative estimate of drug-likeness (QED) is 0.699. The SMILES string of the molecule is CS(=O)(=O)Nc1nnc(NC(=O)[C@@H](N)Cc2ccccc2)s1. The molecule has 118 valence electrons. The smallest absolute Gasteiger partial charge is 0.243 e. The van der Waals surface area contributed by atoms with Crippen LogP contribution in [-0.2, 0) is 21.2 Å². The Hall–Kier alpha value is -2.04. The van der Waals surface area contributed by atoms with Gasteiger partial charge in [0.2, 0.25) is 26.2 Å². The standard InChI is InChI=1S/C12H15N5O3S2/c1-22(19,20)17-12-16-15-11(21-12)14-10(18)9(13)7-8-5-3-2-4-6-8/h2-6,9H,7,13H2,1H3,(H,16,17)(H,14,15,18)/t9-/m0/s1. The van der Waals surface area contributed by atoms with E-state index < -0.39 is 22.0 Å². The molecule has 1 aromatic carbocycles. The highest BCUT2D eigenvalue weighted by molar-refractivity contribution is 7.92. The van der Waals surface area contributed by atoms with Crippen molar-refractivity contribution in [3.8, 4) is 0 Å². The van der Waals surface area contributed by atoms with E-state index in [1.165, 1.54) is 0 Å². The van der Waals surface area contributed by atoms with Crippen LogP contribution in [0.5, 0.6) is 0 Å². The predicted octanol–water partition coefficient (Wildman–Crippen LogP) is 0.418. The molecule has 0 saturated heterocycles. The van der Waals surface area contributed by atoms with Crippen LogP contribution in [0.2, 0.25) is 0 Å². The Morgan fingerprint density at radius 1 is 1.27 bits per heavy atom. The molecule has 0 aliphatic rings. The molecule has 0 spiro atoms. The highest BCUT2D eigenvalue weighted by atomic mass is 32.2. The maximum atomic E-state index is 12.0. The second kappa shape index (κ2) is 6.81. The second-order valence-corrected chi connectivity index (χ2v) is 7.30. The summed E-state index contributed by atoms with van der Waals surface area (Å²) in [4.78, 5) is 12.0. The summed E-state index contributed by atoms with van der Waals surface area (Å²) >= 11 is 0.912. The predicted molar refractivity (Wildman–Crippen MR) is 85.1 cm³/mol. The molecule has 0 radical (unpaired) electrons. The van der Waals surface area contributed by atoms with Crippen LogP contribution in [-0.4, -0.2) is 36.8 Å². The highest BCUT2D eigenvalue weighted by Gasteiger charge is 2.17. The van der Waals surface area contributed by atoms with Gasteiger partial charge in [-0.1, -0.05) is 41.7 Å².